The van der Waals surface area contributed by atoms with Gasteiger partial charge in [-0.15, -0.1) is 0 Å². The van der Waals surface area contributed by atoms with E-state index in [1.807, 2.05) is 24.5 Å². The molecule has 1 aliphatic heterocycles. The maximum atomic E-state index is 11.7. The molecule has 4 rings (SSSR count). The van der Waals surface area contributed by atoms with Crippen LogP contribution in [0.5, 0.6) is 6.01 Å². The van der Waals surface area contributed by atoms with Gasteiger partial charge in [0, 0.05) is 49.2 Å². The van der Waals surface area contributed by atoms with Crippen molar-refractivity contribution in [2.24, 2.45) is 0 Å². The number of aromatic nitrogens is 4. The summed E-state index contributed by atoms with van der Waals surface area (Å²) < 4.78 is 30.6. The molecule has 8 nitrogen and oxygen atoms in total. The van der Waals surface area contributed by atoms with E-state index in [1.165, 1.54) is 16.1 Å². The Morgan fingerprint density at radius 1 is 1.03 bits per heavy atom. The summed E-state index contributed by atoms with van der Waals surface area (Å²) in [7, 11) is -3.20. The lowest BCUT2D eigenvalue weighted by atomic mass is 10.1. The second kappa shape index (κ2) is 9.70. The van der Waals surface area contributed by atoms with Crippen LogP contribution in [0.4, 0.5) is 0 Å². The Morgan fingerprint density at radius 2 is 1.78 bits per heavy atom. The van der Waals surface area contributed by atoms with Crippen molar-refractivity contribution in [1.82, 2.24) is 24.2 Å². The average molecular weight is 454 g/mol. The van der Waals surface area contributed by atoms with Crippen LogP contribution in [0.3, 0.4) is 0 Å². The molecule has 32 heavy (non-hydrogen) atoms. The molecular weight excluding hydrogens is 426 g/mol. The minimum Gasteiger partial charge on any atom is -0.463 e. The van der Waals surface area contributed by atoms with E-state index >= 15 is 0 Å². The SMILES string of the molecule is CCc1cnc(-c2ccc(CCCOc3ncc4c(n3)CCN(S(C)(=O)=O)C4)cc2)nc1. The van der Waals surface area contributed by atoms with E-state index in [-0.39, 0.29) is 0 Å². The summed E-state index contributed by atoms with van der Waals surface area (Å²) in [6, 6.07) is 8.62. The van der Waals surface area contributed by atoms with Crippen molar-refractivity contribution in [2.45, 2.75) is 39.2 Å². The van der Waals surface area contributed by atoms with E-state index in [0.29, 0.717) is 32.1 Å². The molecule has 3 aromatic rings. The van der Waals surface area contributed by atoms with Crippen LogP contribution >= 0.6 is 0 Å². The number of hydrogen-bond donors (Lipinski definition) is 0. The second-order valence-corrected chi connectivity index (χ2v) is 9.87. The first-order valence-corrected chi connectivity index (χ1v) is 12.6. The van der Waals surface area contributed by atoms with Crippen molar-refractivity contribution >= 4 is 10.0 Å². The number of ether oxygens (including phenoxy) is 1. The first-order valence-electron chi connectivity index (χ1n) is 10.8. The predicted molar refractivity (Wildman–Crippen MR) is 122 cm³/mol. The van der Waals surface area contributed by atoms with E-state index in [4.69, 9.17) is 4.74 Å². The van der Waals surface area contributed by atoms with Crippen molar-refractivity contribution in [2.75, 3.05) is 19.4 Å². The fraction of sp³-hybridized carbons (Fsp3) is 0.391. The molecule has 0 radical (unpaired) electrons. The largest absolute Gasteiger partial charge is 0.463 e. The summed E-state index contributed by atoms with van der Waals surface area (Å²) in [5.41, 5.74) is 5.05. The number of hydrogen-bond acceptors (Lipinski definition) is 7. The molecule has 0 saturated carbocycles. The van der Waals surface area contributed by atoms with Crippen LogP contribution in [0.25, 0.3) is 11.4 Å². The van der Waals surface area contributed by atoms with Crippen molar-refractivity contribution in [1.29, 1.82) is 0 Å². The van der Waals surface area contributed by atoms with Gasteiger partial charge in [0.1, 0.15) is 0 Å². The molecule has 0 amide bonds. The average Bonchev–Trinajstić information content (AvgIpc) is 2.81. The molecule has 168 valence electrons. The molecule has 0 bridgehead atoms. The van der Waals surface area contributed by atoms with E-state index in [2.05, 4.69) is 39.0 Å². The maximum Gasteiger partial charge on any atom is 0.316 e. The molecule has 0 fully saturated rings. The van der Waals surface area contributed by atoms with E-state index in [1.54, 1.807) is 6.20 Å². The maximum absolute atomic E-state index is 11.7. The number of rotatable bonds is 8. The summed E-state index contributed by atoms with van der Waals surface area (Å²) in [5.74, 6) is 0.737. The standard InChI is InChI=1S/C23H27N5O3S/c1-3-17-13-24-22(25-14-17)19-8-6-18(7-9-19)5-4-12-31-23-26-15-20-16-28(32(2,29)30)11-10-21(20)27-23/h6-9,13-15H,3-5,10-12,16H2,1-2H3. The molecule has 0 spiro atoms. The minimum absolute atomic E-state index is 0.318. The van der Waals surface area contributed by atoms with Crippen LogP contribution in [0.1, 0.15) is 35.7 Å². The molecule has 0 saturated heterocycles. The Labute approximate surface area is 188 Å². The smallest absolute Gasteiger partial charge is 0.316 e. The van der Waals surface area contributed by atoms with Crippen LogP contribution in [-0.4, -0.2) is 52.1 Å². The van der Waals surface area contributed by atoms with Gasteiger partial charge in [-0.25, -0.2) is 23.4 Å². The Bertz CT molecular complexity index is 1170. The zero-order valence-corrected chi connectivity index (χ0v) is 19.2. The van der Waals surface area contributed by atoms with Gasteiger partial charge in [0.2, 0.25) is 10.0 Å². The zero-order chi connectivity index (χ0) is 22.6. The number of fused-ring (bicyclic) bond motifs is 1. The van der Waals surface area contributed by atoms with Gasteiger partial charge < -0.3 is 4.74 Å². The van der Waals surface area contributed by atoms with E-state index < -0.39 is 10.0 Å². The summed E-state index contributed by atoms with van der Waals surface area (Å²) >= 11 is 0. The normalized spacial score (nSPS) is 14.2. The fourth-order valence-electron chi connectivity index (χ4n) is 3.57. The molecule has 0 aliphatic carbocycles. The van der Waals surface area contributed by atoms with Crippen LogP contribution in [0, 0.1) is 0 Å². The molecule has 0 N–H and O–H groups in total. The van der Waals surface area contributed by atoms with Gasteiger partial charge in [-0.05, 0) is 30.4 Å². The Kier molecular flexibility index (Phi) is 6.76. The van der Waals surface area contributed by atoms with E-state index in [9.17, 15) is 8.42 Å². The van der Waals surface area contributed by atoms with Gasteiger partial charge in [0.25, 0.3) is 0 Å². The van der Waals surface area contributed by atoms with Crippen molar-refractivity contribution in [3.8, 4) is 17.4 Å². The summed E-state index contributed by atoms with van der Waals surface area (Å²) in [5, 5.41) is 0. The first kappa shape index (κ1) is 22.3. The van der Waals surface area contributed by atoms with Crippen molar-refractivity contribution in [3.63, 3.8) is 0 Å². The number of nitrogens with zero attached hydrogens (tertiary/aromatic N) is 5. The molecular formula is C23H27N5O3S. The highest BCUT2D eigenvalue weighted by Crippen LogP contribution is 2.20. The third-order valence-electron chi connectivity index (χ3n) is 5.51. The quantitative estimate of drug-likeness (QED) is 0.484. The molecule has 9 heteroatoms. The molecule has 1 aliphatic rings. The number of aryl methyl sites for hydroxylation is 2. The van der Waals surface area contributed by atoms with E-state index in [0.717, 1.165) is 47.5 Å². The van der Waals surface area contributed by atoms with Gasteiger partial charge in [-0.2, -0.15) is 9.29 Å². The second-order valence-electron chi connectivity index (χ2n) is 7.89. The molecule has 0 unspecified atom stereocenters. The minimum atomic E-state index is -3.20. The third kappa shape index (κ3) is 5.46. The lowest BCUT2D eigenvalue weighted by Crippen LogP contribution is -2.35. The highest BCUT2D eigenvalue weighted by atomic mass is 32.2. The van der Waals surface area contributed by atoms with Gasteiger partial charge in [0.05, 0.1) is 18.6 Å². The van der Waals surface area contributed by atoms with Crippen LogP contribution < -0.4 is 4.74 Å². The summed E-state index contributed by atoms with van der Waals surface area (Å²) in [6.45, 7) is 3.35. The van der Waals surface area contributed by atoms with Gasteiger partial charge in [-0.1, -0.05) is 31.2 Å². The van der Waals surface area contributed by atoms with Crippen molar-refractivity contribution < 1.29 is 13.2 Å². The first-order chi connectivity index (χ1) is 15.4. The Hall–Kier alpha value is -2.91. The Morgan fingerprint density at radius 3 is 2.47 bits per heavy atom. The monoisotopic (exact) mass is 453 g/mol. The Balaban J connectivity index is 1.26. The third-order valence-corrected chi connectivity index (χ3v) is 6.76. The molecule has 0 atom stereocenters. The molecule has 1 aromatic carbocycles. The van der Waals surface area contributed by atoms with Crippen LogP contribution in [0.2, 0.25) is 0 Å². The number of benzene rings is 1. The predicted octanol–water partition coefficient (Wildman–Crippen LogP) is 2.83. The highest BCUT2D eigenvalue weighted by molar-refractivity contribution is 7.88. The van der Waals surface area contributed by atoms with Crippen molar-refractivity contribution in [3.05, 3.63) is 65.2 Å². The van der Waals surface area contributed by atoms with Crippen LogP contribution in [-0.2, 0) is 35.8 Å². The highest BCUT2D eigenvalue weighted by Gasteiger charge is 2.24. The lowest BCUT2D eigenvalue weighted by Gasteiger charge is -2.25. The molecule has 2 aromatic heterocycles. The van der Waals surface area contributed by atoms with Crippen LogP contribution in [0.15, 0.2) is 42.9 Å². The van der Waals surface area contributed by atoms with Gasteiger partial charge in [-0.3, -0.25) is 0 Å². The summed E-state index contributed by atoms with van der Waals surface area (Å²) in [4.78, 5) is 17.6. The topological polar surface area (TPSA) is 98.2 Å². The fourth-order valence-corrected chi connectivity index (χ4v) is 4.37. The summed E-state index contributed by atoms with van der Waals surface area (Å²) in [6.07, 6.45) is 9.85. The van der Waals surface area contributed by atoms with Gasteiger partial charge >= 0.3 is 6.01 Å². The zero-order valence-electron chi connectivity index (χ0n) is 18.4. The molecule has 3 heterocycles. The lowest BCUT2D eigenvalue weighted by molar-refractivity contribution is 0.283. The van der Waals surface area contributed by atoms with Gasteiger partial charge in [0.15, 0.2) is 5.82 Å². The number of sulfonamides is 1.